The van der Waals surface area contributed by atoms with E-state index in [1.807, 2.05) is 13.8 Å². The zero-order chi connectivity index (χ0) is 9.78. The predicted octanol–water partition coefficient (Wildman–Crippen LogP) is 0.130. The second kappa shape index (κ2) is 4.35. The summed E-state index contributed by atoms with van der Waals surface area (Å²) in [5, 5.41) is 1.08. The van der Waals surface area contributed by atoms with E-state index < -0.39 is 9.84 Å². The van der Waals surface area contributed by atoms with Crippen LogP contribution < -0.4 is 5.73 Å². The fraction of sp³-hybridized carbons (Fsp3) is 0.714. The predicted molar refractivity (Wildman–Crippen MR) is 50.0 cm³/mol. The lowest BCUT2D eigenvalue weighted by Crippen LogP contribution is -2.27. The Bertz CT molecular complexity index is 253. The molecular formula is C7H16N2O2S. The molecule has 0 aromatic heterocycles. The first-order chi connectivity index (χ1) is 5.40. The zero-order valence-corrected chi connectivity index (χ0v) is 8.56. The molecule has 0 aliphatic rings. The Morgan fingerprint density at radius 2 is 1.83 bits per heavy atom. The van der Waals surface area contributed by atoms with Gasteiger partial charge in [0.15, 0.2) is 9.84 Å². The SMILES string of the molecule is CCN(CC)/C(N)=C/S(C)(=O)=O. The quantitative estimate of drug-likeness (QED) is 0.687. The maximum atomic E-state index is 10.8. The Morgan fingerprint density at radius 3 is 2.08 bits per heavy atom. The van der Waals surface area contributed by atoms with Crippen LogP contribution in [-0.4, -0.2) is 32.7 Å². The molecule has 12 heavy (non-hydrogen) atoms. The fourth-order valence-electron chi connectivity index (χ4n) is 0.883. The molecule has 0 fully saturated rings. The van der Waals surface area contributed by atoms with E-state index in [0.717, 1.165) is 11.7 Å². The average Bonchev–Trinajstić information content (AvgIpc) is 1.85. The lowest BCUT2D eigenvalue weighted by atomic mass is 10.5. The summed E-state index contributed by atoms with van der Waals surface area (Å²) in [5.74, 6) is 0.308. The number of nitrogens with two attached hydrogens (primary N) is 1. The van der Waals surface area contributed by atoms with E-state index >= 15 is 0 Å². The van der Waals surface area contributed by atoms with E-state index in [2.05, 4.69) is 0 Å². The van der Waals surface area contributed by atoms with Gasteiger partial charge >= 0.3 is 0 Å². The highest BCUT2D eigenvalue weighted by Gasteiger charge is 2.04. The maximum absolute atomic E-state index is 10.8. The van der Waals surface area contributed by atoms with Crippen LogP contribution in [0.25, 0.3) is 0 Å². The van der Waals surface area contributed by atoms with Gasteiger partial charge in [0.05, 0.1) is 5.41 Å². The summed E-state index contributed by atoms with van der Waals surface area (Å²) in [6.45, 7) is 5.28. The van der Waals surface area contributed by atoms with Gasteiger partial charge in [0.25, 0.3) is 0 Å². The molecule has 0 radical (unpaired) electrons. The minimum atomic E-state index is -3.12. The molecule has 0 unspecified atom stereocenters. The molecule has 0 atom stereocenters. The summed E-state index contributed by atoms with van der Waals surface area (Å²) >= 11 is 0. The van der Waals surface area contributed by atoms with E-state index in [1.54, 1.807) is 4.90 Å². The van der Waals surface area contributed by atoms with Crippen LogP contribution in [0.5, 0.6) is 0 Å². The third-order valence-corrected chi connectivity index (χ3v) is 2.13. The lowest BCUT2D eigenvalue weighted by molar-refractivity contribution is 0.379. The van der Waals surface area contributed by atoms with Crippen molar-refractivity contribution in [3.63, 3.8) is 0 Å². The first-order valence-electron chi connectivity index (χ1n) is 3.82. The molecule has 2 N–H and O–H groups in total. The third-order valence-electron chi connectivity index (χ3n) is 1.46. The first-order valence-corrected chi connectivity index (χ1v) is 5.78. The topological polar surface area (TPSA) is 63.4 Å². The number of hydrogen-bond acceptors (Lipinski definition) is 4. The number of nitrogens with zero attached hydrogens (tertiary/aromatic N) is 1. The van der Waals surface area contributed by atoms with Crippen molar-refractivity contribution < 1.29 is 8.42 Å². The minimum absolute atomic E-state index is 0.308. The molecule has 4 nitrogen and oxygen atoms in total. The largest absolute Gasteiger partial charge is 0.385 e. The summed E-state index contributed by atoms with van der Waals surface area (Å²) in [6, 6.07) is 0. The highest BCUT2D eigenvalue weighted by Crippen LogP contribution is 1.98. The second-order valence-electron chi connectivity index (χ2n) is 2.54. The van der Waals surface area contributed by atoms with Crippen LogP contribution in [0.15, 0.2) is 11.2 Å². The van der Waals surface area contributed by atoms with E-state index in [1.165, 1.54) is 0 Å². The van der Waals surface area contributed by atoms with Gasteiger partial charge < -0.3 is 10.6 Å². The molecule has 0 bridgehead atoms. The smallest absolute Gasteiger partial charge is 0.172 e. The molecule has 0 amide bonds. The molecule has 0 heterocycles. The van der Waals surface area contributed by atoms with Gasteiger partial charge in [-0.3, -0.25) is 0 Å². The van der Waals surface area contributed by atoms with Crippen LogP contribution in [-0.2, 0) is 9.84 Å². The van der Waals surface area contributed by atoms with Gasteiger partial charge in [-0.1, -0.05) is 0 Å². The molecule has 0 aliphatic heterocycles. The van der Waals surface area contributed by atoms with Gasteiger partial charge in [0.2, 0.25) is 0 Å². The standard InChI is InChI=1S/C7H16N2O2S/c1-4-9(5-2)7(8)6-12(3,10)11/h6H,4-5,8H2,1-3H3/b7-6+. The van der Waals surface area contributed by atoms with Gasteiger partial charge in [-0.2, -0.15) is 0 Å². The van der Waals surface area contributed by atoms with Crippen molar-refractivity contribution in [3.8, 4) is 0 Å². The monoisotopic (exact) mass is 192 g/mol. The second-order valence-corrected chi connectivity index (χ2v) is 4.44. The van der Waals surface area contributed by atoms with Crippen LogP contribution in [0.1, 0.15) is 13.8 Å². The molecule has 0 saturated carbocycles. The normalized spacial score (nSPS) is 13.1. The van der Waals surface area contributed by atoms with Crippen LogP contribution >= 0.6 is 0 Å². The Morgan fingerprint density at radius 1 is 1.42 bits per heavy atom. The Labute approximate surface area is 74.0 Å². The van der Waals surface area contributed by atoms with Gasteiger partial charge in [0.1, 0.15) is 5.82 Å². The number of rotatable bonds is 4. The van der Waals surface area contributed by atoms with Gasteiger partial charge in [0, 0.05) is 19.3 Å². The highest BCUT2D eigenvalue weighted by molar-refractivity contribution is 7.93. The van der Waals surface area contributed by atoms with Crippen molar-refractivity contribution in [1.82, 2.24) is 4.90 Å². The van der Waals surface area contributed by atoms with E-state index in [0.29, 0.717) is 18.9 Å². The molecule has 5 heteroatoms. The van der Waals surface area contributed by atoms with Crippen molar-refractivity contribution in [2.24, 2.45) is 5.73 Å². The zero-order valence-electron chi connectivity index (χ0n) is 7.74. The molecule has 0 aliphatic carbocycles. The first kappa shape index (κ1) is 11.3. The van der Waals surface area contributed by atoms with Crippen molar-refractivity contribution in [1.29, 1.82) is 0 Å². The average molecular weight is 192 g/mol. The van der Waals surface area contributed by atoms with Crippen LogP contribution in [0.2, 0.25) is 0 Å². The van der Waals surface area contributed by atoms with E-state index in [-0.39, 0.29) is 0 Å². The molecule has 0 rings (SSSR count). The van der Waals surface area contributed by atoms with Crippen LogP contribution in [0.4, 0.5) is 0 Å². The lowest BCUT2D eigenvalue weighted by Gasteiger charge is -2.20. The molecule has 0 aromatic carbocycles. The molecule has 72 valence electrons. The third kappa shape index (κ3) is 4.23. The highest BCUT2D eigenvalue weighted by atomic mass is 32.2. The molecule has 0 aromatic rings. The summed E-state index contributed by atoms with van der Waals surface area (Å²) < 4.78 is 21.6. The Balaban J connectivity index is 4.57. The molecule has 0 spiro atoms. The van der Waals surface area contributed by atoms with Crippen LogP contribution in [0.3, 0.4) is 0 Å². The minimum Gasteiger partial charge on any atom is -0.385 e. The summed E-state index contributed by atoms with van der Waals surface area (Å²) in [4.78, 5) is 1.78. The van der Waals surface area contributed by atoms with Gasteiger partial charge in [-0.05, 0) is 13.8 Å². The van der Waals surface area contributed by atoms with Crippen molar-refractivity contribution >= 4 is 9.84 Å². The number of sulfone groups is 1. The Hall–Kier alpha value is -0.710. The van der Waals surface area contributed by atoms with Crippen LogP contribution in [0, 0.1) is 0 Å². The van der Waals surface area contributed by atoms with Crippen molar-refractivity contribution in [2.75, 3.05) is 19.3 Å². The van der Waals surface area contributed by atoms with E-state index in [4.69, 9.17) is 5.73 Å². The molecule has 0 saturated heterocycles. The van der Waals surface area contributed by atoms with Gasteiger partial charge in [-0.15, -0.1) is 0 Å². The van der Waals surface area contributed by atoms with E-state index in [9.17, 15) is 8.42 Å². The van der Waals surface area contributed by atoms with Crippen molar-refractivity contribution in [3.05, 3.63) is 11.2 Å². The summed E-state index contributed by atoms with van der Waals surface area (Å²) in [7, 11) is -3.12. The van der Waals surface area contributed by atoms with Gasteiger partial charge in [-0.25, -0.2) is 8.42 Å². The Kier molecular flexibility index (Phi) is 4.09. The molecular weight excluding hydrogens is 176 g/mol. The summed E-state index contributed by atoms with van der Waals surface area (Å²) in [6.07, 6.45) is 1.13. The summed E-state index contributed by atoms with van der Waals surface area (Å²) in [5.41, 5.74) is 5.53. The van der Waals surface area contributed by atoms with Crippen molar-refractivity contribution in [2.45, 2.75) is 13.8 Å². The fourth-order valence-corrected chi connectivity index (χ4v) is 1.47. The number of hydrogen-bond donors (Lipinski definition) is 1. The maximum Gasteiger partial charge on any atom is 0.172 e.